The Labute approximate surface area is 235 Å². The molecule has 0 aliphatic heterocycles. The molecule has 0 fully saturated rings. The molecular weight excluding hydrogens is 527 g/mol. The molecule has 5 aromatic rings. The number of pyridine rings is 1. The van der Waals surface area contributed by atoms with E-state index in [1.807, 2.05) is 11.9 Å². The van der Waals surface area contributed by atoms with Gasteiger partial charge in [0.05, 0.1) is 11.9 Å². The lowest BCUT2D eigenvalue weighted by Crippen LogP contribution is -2.27. The van der Waals surface area contributed by atoms with Gasteiger partial charge in [0.1, 0.15) is 35.2 Å². The molecule has 4 aromatic heterocycles. The Hall–Kier alpha value is -5.20. The van der Waals surface area contributed by atoms with E-state index in [1.54, 1.807) is 60.0 Å². The quantitative estimate of drug-likeness (QED) is 0.186. The van der Waals surface area contributed by atoms with E-state index in [0.717, 1.165) is 12.8 Å². The number of nitrogens with zero attached hydrogens (tertiary/aromatic N) is 9. The van der Waals surface area contributed by atoms with Crippen LogP contribution in [0.5, 0.6) is 11.5 Å². The van der Waals surface area contributed by atoms with Crippen molar-refractivity contribution in [3.05, 3.63) is 73.3 Å². The van der Waals surface area contributed by atoms with Gasteiger partial charge in [0.25, 0.3) is 0 Å². The zero-order valence-corrected chi connectivity index (χ0v) is 23.0. The summed E-state index contributed by atoms with van der Waals surface area (Å²) in [7, 11) is 3.64. The number of unbranched alkanes of at least 4 members (excludes halogenated alkanes) is 1. The number of carbonyl (C=O) groups is 1. The molecule has 0 saturated carbocycles. The van der Waals surface area contributed by atoms with Crippen LogP contribution in [0.15, 0.2) is 62.0 Å². The predicted octanol–water partition coefficient (Wildman–Crippen LogP) is 4.31. The van der Waals surface area contributed by atoms with Crippen molar-refractivity contribution in [1.29, 1.82) is 0 Å². The van der Waals surface area contributed by atoms with Gasteiger partial charge in [-0.15, -0.1) is 0 Å². The highest BCUT2D eigenvalue weighted by atomic mass is 19.1. The van der Waals surface area contributed by atoms with E-state index >= 15 is 4.39 Å². The van der Waals surface area contributed by atoms with Crippen molar-refractivity contribution in [2.75, 3.05) is 37.4 Å². The van der Waals surface area contributed by atoms with Crippen LogP contribution in [0.1, 0.15) is 18.4 Å². The van der Waals surface area contributed by atoms with Gasteiger partial charge in [-0.2, -0.15) is 5.10 Å². The Kier molecular flexibility index (Phi) is 7.94. The molecule has 0 aliphatic rings. The van der Waals surface area contributed by atoms with Crippen molar-refractivity contribution in [3.8, 4) is 11.5 Å². The van der Waals surface area contributed by atoms with Crippen molar-refractivity contribution < 1.29 is 13.9 Å². The third kappa shape index (κ3) is 6.03. The normalized spacial score (nSPS) is 11.0. The number of anilines is 3. The minimum Gasteiger partial charge on any atom is -0.457 e. The molecule has 12 nitrogen and oxygen atoms in total. The van der Waals surface area contributed by atoms with Crippen LogP contribution >= 0.6 is 0 Å². The first-order valence-corrected chi connectivity index (χ1v) is 12.9. The van der Waals surface area contributed by atoms with Gasteiger partial charge in [-0.05, 0) is 44.0 Å². The first kappa shape index (κ1) is 27.4. The molecule has 0 atom stereocenters. The van der Waals surface area contributed by atoms with Crippen LogP contribution in [0, 0.1) is 12.7 Å². The van der Waals surface area contributed by atoms with Gasteiger partial charge < -0.3 is 19.9 Å². The number of ether oxygens (including phenoxy) is 1. The van der Waals surface area contributed by atoms with Crippen LogP contribution in [0.4, 0.5) is 21.8 Å². The van der Waals surface area contributed by atoms with Crippen LogP contribution in [0.25, 0.3) is 16.7 Å². The smallest absolute Gasteiger partial charge is 0.245 e. The van der Waals surface area contributed by atoms with Crippen molar-refractivity contribution >= 4 is 40.0 Å². The second-order valence-corrected chi connectivity index (χ2v) is 9.42. The second kappa shape index (κ2) is 11.9. The Balaban J connectivity index is 1.30. The summed E-state index contributed by atoms with van der Waals surface area (Å²) in [5.74, 6) is 1.13. The highest BCUT2D eigenvalue weighted by Gasteiger charge is 2.16. The average molecular weight is 557 g/mol. The van der Waals surface area contributed by atoms with Gasteiger partial charge in [-0.3, -0.25) is 4.79 Å². The van der Waals surface area contributed by atoms with Gasteiger partial charge >= 0.3 is 0 Å². The number of amides is 1. The van der Waals surface area contributed by atoms with Crippen molar-refractivity contribution in [2.45, 2.75) is 19.8 Å². The fourth-order valence-electron chi connectivity index (χ4n) is 4.17. The topological polar surface area (TPSA) is 127 Å². The number of halogens is 1. The van der Waals surface area contributed by atoms with E-state index in [0.29, 0.717) is 58.6 Å². The molecule has 41 heavy (non-hydrogen) atoms. The van der Waals surface area contributed by atoms with Crippen molar-refractivity contribution in [3.63, 3.8) is 0 Å². The molecule has 0 bridgehead atoms. The SMILES string of the molecule is C=CC(=O)N(C)CCCCN(C)c1ncc2ncnc(Nc3ccc(Oc4ccn5ncnc5c4)c(C)c3F)c2n1. The largest absolute Gasteiger partial charge is 0.457 e. The van der Waals surface area contributed by atoms with Gasteiger partial charge in [0.15, 0.2) is 17.3 Å². The first-order valence-electron chi connectivity index (χ1n) is 12.9. The lowest BCUT2D eigenvalue weighted by Gasteiger charge is -2.19. The molecule has 210 valence electrons. The molecule has 0 unspecified atom stereocenters. The third-order valence-electron chi connectivity index (χ3n) is 6.56. The molecule has 5 rings (SSSR count). The summed E-state index contributed by atoms with van der Waals surface area (Å²) < 4.78 is 23.0. The Morgan fingerprint density at radius 3 is 2.78 bits per heavy atom. The maximum absolute atomic E-state index is 15.5. The molecule has 4 heterocycles. The van der Waals surface area contributed by atoms with Gasteiger partial charge in [0.2, 0.25) is 11.9 Å². The summed E-state index contributed by atoms with van der Waals surface area (Å²) in [6.45, 7) is 6.46. The molecule has 0 aliphatic carbocycles. The number of hydrogen-bond acceptors (Lipinski definition) is 10. The van der Waals surface area contributed by atoms with E-state index in [4.69, 9.17) is 4.74 Å². The van der Waals surface area contributed by atoms with Crippen molar-refractivity contribution in [1.82, 2.24) is 39.4 Å². The zero-order valence-electron chi connectivity index (χ0n) is 23.0. The highest BCUT2D eigenvalue weighted by Crippen LogP contribution is 2.33. The zero-order chi connectivity index (χ0) is 28.9. The molecule has 1 amide bonds. The molecule has 1 N–H and O–H groups in total. The standard InChI is InChI=1S/C28H29FN10O2/c1-5-24(40)37(3)11-6-7-12-38(4)28-30-15-21-26(36-28)27(33-16-31-21)35-20-8-9-22(18(2)25(20)29)41-19-10-13-39-23(14-19)32-17-34-39/h5,8-10,13-17H,1,6-7,11-12H2,2-4H3,(H,31,33,35). The number of hydrogen-bond donors (Lipinski definition) is 1. The molecule has 0 spiro atoms. The number of carbonyl (C=O) groups excluding carboxylic acids is 1. The minimum absolute atomic E-state index is 0.102. The number of fused-ring (bicyclic) bond motifs is 2. The van der Waals surface area contributed by atoms with Gasteiger partial charge in [-0.25, -0.2) is 33.8 Å². The Bertz CT molecular complexity index is 1720. The van der Waals surface area contributed by atoms with E-state index in [2.05, 4.69) is 41.9 Å². The van der Waals surface area contributed by atoms with Crippen LogP contribution in [0.3, 0.4) is 0 Å². The maximum atomic E-state index is 15.5. The summed E-state index contributed by atoms with van der Waals surface area (Å²) >= 11 is 0. The number of rotatable bonds is 11. The van der Waals surface area contributed by atoms with E-state index in [-0.39, 0.29) is 11.6 Å². The summed E-state index contributed by atoms with van der Waals surface area (Å²) in [5, 5.41) is 7.12. The van der Waals surface area contributed by atoms with Crippen LogP contribution in [-0.2, 0) is 4.79 Å². The lowest BCUT2D eigenvalue weighted by molar-refractivity contribution is -0.124. The third-order valence-corrected chi connectivity index (χ3v) is 6.56. The molecule has 13 heteroatoms. The predicted molar refractivity (Wildman–Crippen MR) is 153 cm³/mol. The summed E-state index contributed by atoms with van der Waals surface area (Å²) in [4.78, 5) is 37.0. The first-order chi connectivity index (χ1) is 19.8. The molecule has 0 saturated heterocycles. The summed E-state index contributed by atoms with van der Waals surface area (Å²) in [6.07, 6.45) is 9.11. The molecule has 0 radical (unpaired) electrons. The Morgan fingerprint density at radius 2 is 1.95 bits per heavy atom. The average Bonchev–Trinajstić information content (AvgIpc) is 3.46. The van der Waals surface area contributed by atoms with Crippen LogP contribution in [0.2, 0.25) is 0 Å². The van der Waals surface area contributed by atoms with Crippen LogP contribution in [-0.4, -0.2) is 72.5 Å². The van der Waals surface area contributed by atoms with Gasteiger partial charge in [0, 0.05) is 45.0 Å². The van der Waals surface area contributed by atoms with Gasteiger partial charge in [-0.1, -0.05) is 6.58 Å². The molecule has 1 aromatic carbocycles. The number of nitrogens with one attached hydrogen (secondary N) is 1. The van der Waals surface area contributed by atoms with E-state index in [9.17, 15) is 4.79 Å². The summed E-state index contributed by atoms with van der Waals surface area (Å²) in [6, 6.07) is 6.73. The minimum atomic E-state index is -0.482. The highest BCUT2D eigenvalue weighted by molar-refractivity contribution is 5.87. The fourth-order valence-corrected chi connectivity index (χ4v) is 4.17. The Morgan fingerprint density at radius 1 is 1.12 bits per heavy atom. The summed E-state index contributed by atoms with van der Waals surface area (Å²) in [5.41, 5.74) is 2.14. The van der Waals surface area contributed by atoms with Crippen LogP contribution < -0.4 is 15.0 Å². The molecular formula is C28H29FN10O2. The van der Waals surface area contributed by atoms with E-state index in [1.165, 1.54) is 18.7 Å². The maximum Gasteiger partial charge on any atom is 0.245 e. The lowest BCUT2D eigenvalue weighted by atomic mass is 10.1. The fraction of sp³-hybridized carbons (Fsp3) is 0.250. The number of aromatic nitrogens is 7. The van der Waals surface area contributed by atoms with Crippen molar-refractivity contribution in [2.24, 2.45) is 0 Å². The van der Waals surface area contributed by atoms with E-state index < -0.39 is 5.82 Å². The number of benzene rings is 1. The monoisotopic (exact) mass is 556 g/mol. The second-order valence-electron chi connectivity index (χ2n) is 9.42. The number of likely N-dealkylation sites (N-methyl/N-ethyl adjacent to an activating group) is 1.